The maximum atomic E-state index is 10.2. The molecule has 17 heavy (non-hydrogen) atoms. The van der Waals surface area contributed by atoms with E-state index in [4.69, 9.17) is 5.11 Å². The van der Waals surface area contributed by atoms with Crippen molar-refractivity contribution in [1.29, 1.82) is 0 Å². The zero-order chi connectivity index (χ0) is 12.3. The topological polar surface area (TPSA) is 74.2 Å². The number of halogens is 1. The Balaban J connectivity index is 1.97. The van der Waals surface area contributed by atoms with Crippen molar-refractivity contribution in [1.82, 2.24) is 10.3 Å². The molecule has 0 saturated carbocycles. The van der Waals surface area contributed by atoms with Gasteiger partial charge in [0.05, 0.1) is 10.2 Å². The molecule has 2 aromatic rings. The maximum Gasteiger partial charge on any atom is 0.404 e. The molecular formula is C10H10BrN3O2S. The van der Waals surface area contributed by atoms with Gasteiger partial charge in [-0.15, -0.1) is 0 Å². The van der Waals surface area contributed by atoms with Crippen LogP contribution >= 0.6 is 27.3 Å². The van der Waals surface area contributed by atoms with Crippen molar-refractivity contribution >= 4 is 48.7 Å². The monoisotopic (exact) mass is 315 g/mol. The second kappa shape index (κ2) is 5.33. The molecule has 1 aromatic heterocycles. The summed E-state index contributed by atoms with van der Waals surface area (Å²) >= 11 is 4.95. The van der Waals surface area contributed by atoms with E-state index in [0.29, 0.717) is 13.1 Å². The lowest BCUT2D eigenvalue weighted by atomic mass is 10.3. The fourth-order valence-corrected chi connectivity index (χ4v) is 2.76. The van der Waals surface area contributed by atoms with Gasteiger partial charge in [0.1, 0.15) is 0 Å². The number of rotatable bonds is 4. The summed E-state index contributed by atoms with van der Waals surface area (Å²) < 4.78 is 2.11. The second-order valence-corrected chi connectivity index (χ2v) is 5.24. The van der Waals surface area contributed by atoms with Gasteiger partial charge in [0, 0.05) is 17.6 Å². The Bertz CT molecular complexity index is 543. The van der Waals surface area contributed by atoms with Crippen molar-refractivity contribution in [2.75, 3.05) is 18.4 Å². The Labute approximate surface area is 110 Å². The number of carboxylic acid groups (broad SMARTS) is 1. The van der Waals surface area contributed by atoms with Gasteiger partial charge in [-0.05, 0) is 18.2 Å². The molecule has 0 fully saturated rings. The van der Waals surface area contributed by atoms with Crippen molar-refractivity contribution in [3.8, 4) is 0 Å². The normalized spacial score (nSPS) is 10.4. The van der Waals surface area contributed by atoms with Crippen LogP contribution in [0.15, 0.2) is 22.7 Å². The summed E-state index contributed by atoms with van der Waals surface area (Å²) in [4.78, 5) is 14.6. The van der Waals surface area contributed by atoms with E-state index < -0.39 is 6.09 Å². The van der Waals surface area contributed by atoms with Crippen LogP contribution in [0.5, 0.6) is 0 Å². The van der Waals surface area contributed by atoms with Crippen LogP contribution in [0.1, 0.15) is 0 Å². The molecule has 0 aliphatic rings. The van der Waals surface area contributed by atoms with Crippen molar-refractivity contribution in [3.05, 3.63) is 22.7 Å². The Morgan fingerprint density at radius 3 is 3.06 bits per heavy atom. The predicted octanol–water partition coefficient (Wildman–Crippen LogP) is 2.74. The number of carbonyl (C=O) groups is 1. The smallest absolute Gasteiger partial charge is 0.404 e. The number of amides is 1. The second-order valence-electron chi connectivity index (χ2n) is 3.29. The summed E-state index contributed by atoms with van der Waals surface area (Å²) in [6, 6.07) is 5.89. The molecule has 3 N–H and O–H groups in total. The molecule has 0 unspecified atom stereocenters. The summed E-state index contributed by atoms with van der Waals surface area (Å²) in [6.07, 6.45) is -1.01. The number of benzene rings is 1. The van der Waals surface area contributed by atoms with E-state index in [0.717, 1.165) is 19.8 Å². The molecule has 1 heterocycles. The van der Waals surface area contributed by atoms with Gasteiger partial charge in [0.25, 0.3) is 0 Å². The molecule has 0 aliphatic carbocycles. The number of anilines is 1. The lowest BCUT2D eigenvalue weighted by molar-refractivity contribution is 0.195. The molecule has 90 valence electrons. The molecule has 5 nitrogen and oxygen atoms in total. The van der Waals surface area contributed by atoms with E-state index in [1.807, 2.05) is 18.2 Å². The molecule has 0 atom stereocenters. The van der Waals surface area contributed by atoms with Crippen LogP contribution < -0.4 is 10.6 Å². The SMILES string of the molecule is O=C(O)NCCNc1nc2ccc(Br)cc2s1. The third kappa shape index (κ3) is 3.31. The van der Waals surface area contributed by atoms with Crippen LogP contribution in [0.25, 0.3) is 10.2 Å². The van der Waals surface area contributed by atoms with Crippen molar-refractivity contribution in [2.45, 2.75) is 0 Å². The fraction of sp³-hybridized carbons (Fsp3) is 0.200. The first-order valence-electron chi connectivity index (χ1n) is 4.92. The third-order valence-electron chi connectivity index (χ3n) is 2.03. The Morgan fingerprint density at radius 1 is 1.47 bits per heavy atom. The number of hydrogen-bond donors (Lipinski definition) is 3. The molecular weight excluding hydrogens is 306 g/mol. The quantitative estimate of drug-likeness (QED) is 0.758. The van der Waals surface area contributed by atoms with Crippen LogP contribution in [0.2, 0.25) is 0 Å². The maximum absolute atomic E-state index is 10.2. The number of hydrogen-bond acceptors (Lipinski definition) is 4. The van der Waals surface area contributed by atoms with E-state index in [1.165, 1.54) is 0 Å². The standard InChI is InChI=1S/C10H10BrN3O2S/c11-6-1-2-7-8(5-6)17-9(14-7)12-3-4-13-10(15)16/h1-2,5,13H,3-4H2,(H,12,14)(H,15,16). The molecule has 0 saturated heterocycles. The molecule has 7 heteroatoms. The first kappa shape index (κ1) is 12.1. The minimum Gasteiger partial charge on any atom is -0.465 e. The third-order valence-corrected chi connectivity index (χ3v) is 3.50. The van der Waals surface area contributed by atoms with Gasteiger partial charge >= 0.3 is 6.09 Å². The van der Waals surface area contributed by atoms with Gasteiger partial charge in [0.2, 0.25) is 0 Å². The highest BCUT2D eigenvalue weighted by atomic mass is 79.9. The van der Waals surface area contributed by atoms with Crippen LogP contribution in [-0.4, -0.2) is 29.3 Å². The lowest BCUT2D eigenvalue weighted by Gasteiger charge is -2.01. The zero-order valence-electron chi connectivity index (χ0n) is 8.74. The van der Waals surface area contributed by atoms with Gasteiger partial charge in [-0.1, -0.05) is 27.3 Å². The van der Waals surface area contributed by atoms with Gasteiger partial charge in [-0.25, -0.2) is 9.78 Å². The molecule has 0 bridgehead atoms. The van der Waals surface area contributed by atoms with Crippen molar-refractivity contribution < 1.29 is 9.90 Å². The first-order valence-corrected chi connectivity index (χ1v) is 6.53. The Morgan fingerprint density at radius 2 is 2.29 bits per heavy atom. The lowest BCUT2D eigenvalue weighted by Crippen LogP contribution is -2.26. The van der Waals surface area contributed by atoms with Crippen LogP contribution in [0, 0.1) is 0 Å². The highest BCUT2D eigenvalue weighted by molar-refractivity contribution is 9.10. The highest BCUT2D eigenvalue weighted by Gasteiger charge is 2.03. The molecule has 2 rings (SSSR count). The molecule has 1 amide bonds. The molecule has 0 radical (unpaired) electrons. The number of nitrogens with one attached hydrogen (secondary N) is 2. The predicted molar refractivity (Wildman–Crippen MR) is 71.8 cm³/mol. The van der Waals surface area contributed by atoms with Gasteiger partial charge in [0.15, 0.2) is 5.13 Å². The number of thiazole rings is 1. The Hall–Kier alpha value is -1.34. The van der Waals surface area contributed by atoms with E-state index in [9.17, 15) is 4.79 Å². The largest absolute Gasteiger partial charge is 0.465 e. The van der Waals surface area contributed by atoms with Gasteiger partial charge in [-0.3, -0.25) is 0 Å². The van der Waals surface area contributed by atoms with E-state index in [1.54, 1.807) is 11.3 Å². The zero-order valence-corrected chi connectivity index (χ0v) is 11.1. The minimum atomic E-state index is -1.01. The van der Waals surface area contributed by atoms with Crippen molar-refractivity contribution in [2.24, 2.45) is 0 Å². The summed E-state index contributed by atoms with van der Waals surface area (Å²) in [7, 11) is 0. The van der Waals surface area contributed by atoms with Crippen LogP contribution in [-0.2, 0) is 0 Å². The average Bonchev–Trinajstić information content (AvgIpc) is 2.66. The highest BCUT2D eigenvalue weighted by Crippen LogP contribution is 2.28. The average molecular weight is 316 g/mol. The van der Waals surface area contributed by atoms with Crippen LogP contribution in [0.4, 0.5) is 9.93 Å². The van der Waals surface area contributed by atoms with Gasteiger partial charge < -0.3 is 15.7 Å². The molecule has 1 aromatic carbocycles. The Kier molecular flexibility index (Phi) is 3.80. The van der Waals surface area contributed by atoms with Crippen molar-refractivity contribution in [3.63, 3.8) is 0 Å². The fourth-order valence-electron chi connectivity index (χ4n) is 1.31. The van der Waals surface area contributed by atoms with E-state index in [-0.39, 0.29) is 0 Å². The number of aromatic nitrogens is 1. The molecule has 0 aliphatic heterocycles. The number of nitrogens with zero attached hydrogens (tertiary/aromatic N) is 1. The summed E-state index contributed by atoms with van der Waals surface area (Å²) in [5.41, 5.74) is 0.937. The summed E-state index contributed by atoms with van der Waals surface area (Å²) in [6.45, 7) is 0.877. The summed E-state index contributed by atoms with van der Waals surface area (Å²) in [5, 5.41) is 14.6. The number of fused-ring (bicyclic) bond motifs is 1. The van der Waals surface area contributed by atoms with E-state index in [2.05, 4.69) is 31.5 Å². The summed E-state index contributed by atoms with van der Waals surface area (Å²) in [5.74, 6) is 0. The molecule has 0 spiro atoms. The van der Waals surface area contributed by atoms with Crippen LogP contribution in [0.3, 0.4) is 0 Å². The first-order chi connectivity index (χ1) is 8.15. The van der Waals surface area contributed by atoms with Gasteiger partial charge in [-0.2, -0.15) is 0 Å². The van der Waals surface area contributed by atoms with E-state index >= 15 is 0 Å². The minimum absolute atomic E-state index is 0.356.